The Bertz CT molecular complexity index is 441. The van der Waals surface area contributed by atoms with Crippen molar-refractivity contribution in [3.05, 3.63) is 29.8 Å². The Hall–Kier alpha value is -1.02. The molecule has 21 heavy (non-hydrogen) atoms. The van der Waals surface area contributed by atoms with Crippen molar-refractivity contribution >= 4 is 5.69 Å². The molecular weight excluding hydrogens is 256 g/mol. The lowest BCUT2D eigenvalue weighted by Gasteiger charge is -2.37. The fourth-order valence-corrected chi connectivity index (χ4v) is 3.14. The predicted molar refractivity (Wildman–Crippen MR) is 93.1 cm³/mol. The third-order valence-electron chi connectivity index (χ3n) is 4.82. The van der Waals surface area contributed by atoms with Gasteiger partial charge in [-0.25, -0.2) is 0 Å². The van der Waals surface area contributed by atoms with Crippen molar-refractivity contribution in [2.45, 2.75) is 59.4 Å². The van der Waals surface area contributed by atoms with Gasteiger partial charge in [0.2, 0.25) is 0 Å². The summed E-state index contributed by atoms with van der Waals surface area (Å²) < 4.78 is 0. The molecule has 1 aliphatic heterocycles. The van der Waals surface area contributed by atoms with Crippen molar-refractivity contribution in [1.29, 1.82) is 0 Å². The van der Waals surface area contributed by atoms with Gasteiger partial charge < -0.3 is 10.2 Å². The zero-order valence-corrected chi connectivity index (χ0v) is 14.3. The number of para-hydroxylation sites is 1. The minimum atomic E-state index is 0.335. The number of aryl methyl sites for hydroxylation is 1. The lowest BCUT2D eigenvalue weighted by atomic mass is 9.86. The average Bonchev–Trinajstić information content (AvgIpc) is 2.68. The number of fused-ring (bicyclic) bond motifs is 1. The molecule has 1 unspecified atom stereocenters. The Morgan fingerprint density at radius 2 is 2.00 bits per heavy atom. The van der Waals surface area contributed by atoms with E-state index in [1.165, 1.54) is 43.5 Å². The molecular formula is C19H32N2. The molecule has 2 heteroatoms. The second-order valence-corrected chi connectivity index (χ2v) is 7.21. The van der Waals surface area contributed by atoms with Crippen LogP contribution in [0.2, 0.25) is 0 Å². The van der Waals surface area contributed by atoms with Crippen molar-refractivity contribution in [3.63, 3.8) is 0 Å². The van der Waals surface area contributed by atoms with E-state index in [-0.39, 0.29) is 0 Å². The quantitative estimate of drug-likeness (QED) is 0.842. The third-order valence-corrected chi connectivity index (χ3v) is 4.82. The van der Waals surface area contributed by atoms with Crippen LogP contribution in [-0.4, -0.2) is 25.7 Å². The Morgan fingerprint density at radius 1 is 1.24 bits per heavy atom. The monoisotopic (exact) mass is 288 g/mol. The Balaban J connectivity index is 2.13. The van der Waals surface area contributed by atoms with Gasteiger partial charge in [-0.1, -0.05) is 45.9 Å². The van der Waals surface area contributed by atoms with Gasteiger partial charge in [-0.2, -0.15) is 0 Å². The molecule has 0 fully saturated rings. The lowest BCUT2D eigenvalue weighted by Crippen LogP contribution is -2.44. The molecule has 0 amide bonds. The molecule has 1 aromatic rings. The lowest BCUT2D eigenvalue weighted by molar-refractivity contribution is 0.286. The highest BCUT2D eigenvalue weighted by molar-refractivity contribution is 5.54. The molecule has 2 rings (SSSR count). The van der Waals surface area contributed by atoms with E-state index in [0.717, 1.165) is 13.1 Å². The fraction of sp³-hybridized carbons (Fsp3) is 0.684. The highest BCUT2D eigenvalue weighted by atomic mass is 15.1. The Labute approximate surface area is 130 Å². The molecule has 0 saturated heterocycles. The molecule has 0 saturated carbocycles. The van der Waals surface area contributed by atoms with Crippen LogP contribution in [0.15, 0.2) is 24.3 Å². The molecule has 0 spiro atoms. The van der Waals surface area contributed by atoms with Gasteiger partial charge in [0.05, 0.1) is 0 Å². The number of nitrogens with zero attached hydrogens (tertiary/aromatic N) is 1. The van der Waals surface area contributed by atoms with Gasteiger partial charge >= 0.3 is 0 Å². The first-order valence-electron chi connectivity index (χ1n) is 8.60. The maximum atomic E-state index is 3.64. The molecule has 0 bridgehead atoms. The van der Waals surface area contributed by atoms with Crippen molar-refractivity contribution in [2.75, 3.05) is 24.5 Å². The summed E-state index contributed by atoms with van der Waals surface area (Å²) >= 11 is 0. The summed E-state index contributed by atoms with van der Waals surface area (Å²) in [6, 6.07) is 9.55. The van der Waals surface area contributed by atoms with Gasteiger partial charge in [-0.15, -0.1) is 0 Å². The van der Waals surface area contributed by atoms with E-state index in [1.807, 2.05) is 0 Å². The number of nitrogens with one attached hydrogen (secondary N) is 1. The van der Waals surface area contributed by atoms with E-state index >= 15 is 0 Å². The van der Waals surface area contributed by atoms with E-state index in [1.54, 1.807) is 0 Å². The highest BCUT2D eigenvalue weighted by Gasteiger charge is 2.27. The van der Waals surface area contributed by atoms with Crippen LogP contribution in [0.4, 0.5) is 5.69 Å². The summed E-state index contributed by atoms with van der Waals surface area (Å²) in [5.74, 6) is 0. The summed E-state index contributed by atoms with van der Waals surface area (Å²) in [7, 11) is 0. The molecule has 1 N–H and O–H groups in total. The van der Waals surface area contributed by atoms with Crippen LogP contribution in [0.5, 0.6) is 0 Å². The number of hydrogen-bond donors (Lipinski definition) is 1. The van der Waals surface area contributed by atoms with Crippen LogP contribution in [0, 0.1) is 5.41 Å². The highest BCUT2D eigenvalue weighted by Crippen LogP contribution is 2.30. The van der Waals surface area contributed by atoms with Gasteiger partial charge in [0.15, 0.2) is 0 Å². The van der Waals surface area contributed by atoms with E-state index in [2.05, 4.69) is 62.2 Å². The fourth-order valence-electron chi connectivity index (χ4n) is 3.14. The Morgan fingerprint density at radius 3 is 2.71 bits per heavy atom. The zero-order chi connectivity index (χ0) is 15.3. The number of anilines is 1. The maximum Gasteiger partial charge on any atom is 0.0398 e. The van der Waals surface area contributed by atoms with Gasteiger partial charge in [0.1, 0.15) is 0 Å². The number of rotatable bonds is 6. The second kappa shape index (κ2) is 7.31. The van der Waals surface area contributed by atoms with Crippen LogP contribution in [0.3, 0.4) is 0 Å². The molecule has 0 radical (unpaired) electrons. The van der Waals surface area contributed by atoms with Crippen LogP contribution in [-0.2, 0) is 6.42 Å². The molecule has 1 aliphatic rings. The number of hydrogen-bond acceptors (Lipinski definition) is 2. The first-order valence-corrected chi connectivity index (χ1v) is 8.60. The molecule has 1 heterocycles. The van der Waals surface area contributed by atoms with Crippen LogP contribution >= 0.6 is 0 Å². The van der Waals surface area contributed by atoms with E-state index in [4.69, 9.17) is 0 Å². The van der Waals surface area contributed by atoms with Gasteiger partial charge in [0, 0.05) is 31.4 Å². The largest absolute Gasteiger partial charge is 0.371 e. The molecule has 118 valence electrons. The molecule has 0 aromatic heterocycles. The van der Waals surface area contributed by atoms with Crippen molar-refractivity contribution in [1.82, 2.24) is 5.32 Å². The van der Waals surface area contributed by atoms with Gasteiger partial charge in [0.25, 0.3) is 0 Å². The van der Waals surface area contributed by atoms with Crippen molar-refractivity contribution in [2.24, 2.45) is 5.41 Å². The minimum absolute atomic E-state index is 0.335. The second-order valence-electron chi connectivity index (χ2n) is 7.21. The predicted octanol–water partition coefficient (Wildman–Crippen LogP) is 4.24. The standard InChI is InChI=1S/C19H32N2/c1-5-19(4,14-20-16(2)3)15-21-13-9-8-11-17-10-6-7-12-18(17)21/h6-7,10,12,16,20H,5,8-9,11,13-15H2,1-4H3. The van der Waals surface area contributed by atoms with E-state index in [0.29, 0.717) is 11.5 Å². The molecule has 2 nitrogen and oxygen atoms in total. The zero-order valence-electron chi connectivity index (χ0n) is 14.3. The van der Waals surface area contributed by atoms with Crippen LogP contribution < -0.4 is 10.2 Å². The molecule has 1 aromatic carbocycles. The Kier molecular flexibility index (Phi) is 5.69. The topological polar surface area (TPSA) is 15.3 Å². The van der Waals surface area contributed by atoms with Crippen molar-refractivity contribution in [3.8, 4) is 0 Å². The van der Waals surface area contributed by atoms with Crippen LogP contribution in [0.1, 0.15) is 52.5 Å². The first-order chi connectivity index (χ1) is 10.0. The van der Waals surface area contributed by atoms with Crippen LogP contribution in [0.25, 0.3) is 0 Å². The average molecular weight is 288 g/mol. The summed E-state index contributed by atoms with van der Waals surface area (Å²) in [4.78, 5) is 2.63. The van der Waals surface area contributed by atoms with E-state index in [9.17, 15) is 0 Å². The maximum absolute atomic E-state index is 3.64. The van der Waals surface area contributed by atoms with Gasteiger partial charge in [-0.05, 0) is 42.7 Å². The molecule has 1 atom stereocenters. The van der Waals surface area contributed by atoms with E-state index < -0.39 is 0 Å². The summed E-state index contributed by atoms with van der Waals surface area (Å²) in [5.41, 5.74) is 3.34. The smallest absolute Gasteiger partial charge is 0.0398 e. The summed E-state index contributed by atoms with van der Waals surface area (Å²) in [5, 5.41) is 3.64. The van der Waals surface area contributed by atoms with Gasteiger partial charge in [-0.3, -0.25) is 0 Å². The third kappa shape index (κ3) is 4.47. The summed E-state index contributed by atoms with van der Waals surface area (Å²) in [6.07, 6.45) is 5.08. The van der Waals surface area contributed by atoms with Crippen molar-refractivity contribution < 1.29 is 0 Å². The summed E-state index contributed by atoms with van der Waals surface area (Å²) in [6.45, 7) is 12.7. The normalized spacial score (nSPS) is 18.2. The number of benzene rings is 1. The first kappa shape index (κ1) is 16.4. The molecule has 0 aliphatic carbocycles. The SMILES string of the molecule is CCC(C)(CNC(C)C)CN1CCCCc2ccccc21. The minimum Gasteiger partial charge on any atom is -0.371 e.